The van der Waals surface area contributed by atoms with Crippen molar-refractivity contribution >= 4 is 16.0 Å². The molecule has 0 radical (unpaired) electrons. The van der Waals surface area contributed by atoms with Crippen LogP contribution < -0.4 is 9.46 Å². The molecule has 6 nitrogen and oxygen atoms in total. The molecule has 1 unspecified atom stereocenters. The molecule has 144 valence electrons. The van der Waals surface area contributed by atoms with Gasteiger partial charge in [-0.1, -0.05) is 30.3 Å². The molecule has 2 aromatic carbocycles. The third-order valence-corrected chi connectivity index (χ3v) is 6.01. The first-order chi connectivity index (χ1) is 13.0. The van der Waals surface area contributed by atoms with Gasteiger partial charge in [0.05, 0.1) is 11.5 Å². The number of hydrogen-bond donors (Lipinski definition) is 1. The number of hydrogen-bond acceptors (Lipinski definition) is 5. The van der Waals surface area contributed by atoms with Gasteiger partial charge in [0.25, 0.3) is 0 Å². The Kier molecular flexibility index (Phi) is 6.13. The fourth-order valence-corrected chi connectivity index (χ4v) is 4.51. The van der Waals surface area contributed by atoms with Crippen LogP contribution in [0.25, 0.3) is 0 Å². The third-order valence-electron chi connectivity index (χ3n) is 4.47. The second-order valence-corrected chi connectivity index (χ2v) is 8.08. The maximum Gasteiger partial charge on any atom is 0.344 e. The van der Waals surface area contributed by atoms with Gasteiger partial charge in [0.2, 0.25) is 10.0 Å². The van der Waals surface area contributed by atoms with Crippen molar-refractivity contribution in [3.63, 3.8) is 0 Å². The number of ether oxygens (including phenoxy) is 2. The molecule has 0 saturated carbocycles. The van der Waals surface area contributed by atoms with Crippen molar-refractivity contribution in [1.82, 2.24) is 4.72 Å². The molecule has 0 aromatic heterocycles. The van der Waals surface area contributed by atoms with E-state index in [0.29, 0.717) is 25.2 Å². The van der Waals surface area contributed by atoms with Crippen LogP contribution in [0.3, 0.4) is 0 Å². The summed E-state index contributed by atoms with van der Waals surface area (Å²) in [6.45, 7) is 1.88. The molecule has 7 heteroatoms. The molecule has 1 aliphatic carbocycles. The molecule has 1 N–H and O–H groups in total. The normalized spacial score (nSPS) is 16.4. The first-order valence-corrected chi connectivity index (χ1v) is 10.4. The van der Waals surface area contributed by atoms with Crippen molar-refractivity contribution < 1.29 is 22.7 Å². The maximum absolute atomic E-state index is 12.6. The average molecular weight is 389 g/mol. The van der Waals surface area contributed by atoms with Gasteiger partial charge in [-0.25, -0.2) is 17.9 Å². The van der Waals surface area contributed by atoms with Crippen LogP contribution in [-0.4, -0.2) is 33.6 Å². The minimum atomic E-state index is -3.57. The number of carbonyl (C=O) groups excluding carboxylic acids is 1. The Bertz CT molecular complexity index is 896. The summed E-state index contributed by atoms with van der Waals surface area (Å²) in [6.07, 6.45) is 1.97. The number of nitrogens with one attached hydrogen (secondary N) is 1. The Morgan fingerprint density at radius 2 is 1.93 bits per heavy atom. The van der Waals surface area contributed by atoms with Gasteiger partial charge < -0.3 is 9.47 Å². The van der Waals surface area contributed by atoms with E-state index in [1.54, 1.807) is 43.3 Å². The van der Waals surface area contributed by atoms with E-state index in [-0.39, 0.29) is 17.5 Å². The van der Waals surface area contributed by atoms with Crippen LogP contribution in [0, 0.1) is 0 Å². The van der Waals surface area contributed by atoms with E-state index in [9.17, 15) is 13.2 Å². The van der Waals surface area contributed by atoms with Crippen LogP contribution in [0.1, 0.15) is 24.5 Å². The van der Waals surface area contributed by atoms with Crippen LogP contribution in [0.2, 0.25) is 0 Å². The van der Waals surface area contributed by atoms with Gasteiger partial charge in [-0.2, -0.15) is 0 Å². The lowest BCUT2D eigenvalue weighted by molar-refractivity contribution is -0.145. The van der Waals surface area contributed by atoms with Crippen molar-refractivity contribution in [2.24, 2.45) is 0 Å². The smallest absolute Gasteiger partial charge is 0.344 e. The lowest BCUT2D eigenvalue weighted by Crippen LogP contribution is -2.39. The van der Waals surface area contributed by atoms with Crippen LogP contribution in [-0.2, 0) is 32.4 Å². The van der Waals surface area contributed by atoms with Crippen molar-refractivity contribution in [1.29, 1.82) is 0 Å². The van der Waals surface area contributed by atoms with E-state index in [1.165, 1.54) is 0 Å². The molecule has 2 aromatic rings. The van der Waals surface area contributed by atoms with Gasteiger partial charge in [-0.05, 0) is 55.5 Å². The molecule has 0 amide bonds. The molecule has 1 aliphatic rings. The molecule has 0 saturated heterocycles. The van der Waals surface area contributed by atoms with Gasteiger partial charge in [-0.3, -0.25) is 0 Å². The summed E-state index contributed by atoms with van der Waals surface area (Å²) >= 11 is 0. The highest BCUT2D eigenvalue weighted by molar-refractivity contribution is 7.89. The summed E-state index contributed by atoms with van der Waals surface area (Å²) in [7, 11) is -3.57. The monoisotopic (exact) mass is 389 g/mol. The summed E-state index contributed by atoms with van der Waals surface area (Å²) < 4.78 is 38.5. The van der Waals surface area contributed by atoms with E-state index in [1.807, 2.05) is 12.1 Å². The number of aryl methyl sites for hydroxylation is 1. The van der Waals surface area contributed by atoms with Gasteiger partial charge in [-0.15, -0.1) is 0 Å². The molecule has 0 spiro atoms. The van der Waals surface area contributed by atoms with E-state index in [2.05, 4.69) is 4.72 Å². The molecular formula is C20H23NO5S. The zero-order valence-corrected chi connectivity index (χ0v) is 16.0. The highest BCUT2D eigenvalue weighted by atomic mass is 32.2. The van der Waals surface area contributed by atoms with Crippen LogP contribution in [0.15, 0.2) is 53.4 Å². The number of rotatable bonds is 7. The van der Waals surface area contributed by atoms with Gasteiger partial charge >= 0.3 is 5.97 Å². The number of fused-ring (bicyclic) bond motifs is 1. The zero-order chi connectivity index (χ0) is 19.3. The summed E-state index contributed by atoms with van der Waals surface area (Å²) in [5.41, 5.74) is 2.06. The number of esters is 1. The third kappa shape index (κ3) is 4.87. The number of carbonyl (C=O) groups is 1. The summed E-state index contributed by atoms with van der Waals surface area (Å²) in [5.74, 6) is 0.177. The largest absolute Gasteiger partial charge is 0.482 e. The molecule has 0 aliphatic heterocycles. The predicted octanol–water partition coefficient (Wildman–Crippen LogP) is 2.46. The Labute approximate surface area is 159 Å². The summed E-state index contributed by atoms with van der Waals surface area (Å²) in [4.78, 5) is 11.8. The van der Waals surface area contributed by atoms with Gasteiger partial charge in [0, 0.05) is 6.04 Å². The van der Waals surface area contributed by atoms with E-state index < -0.39 is 16.0 Å². The quantitative estimate of drug-likeness (QED) is 0.736. The lowest BCUT2D eigenvalue weighted by atomic mass is 9.88. The Morgan fingerprint density at radius 3 is 2.67 bits per heavy atom. The first kappa shape index (κ1) is 19.4. The number of benzene rings is 2. The second kappa shape index (κ2) is 8.54. The average Bonchev–Trinajstić information content (AvgIpc) is 2.67. The fourth-order valence-electron chi connectivity index (χ4n) is 3.22. The topological polar surface area (TPSA) is 81.7 Å². The fraction of sp³-hybridized carbons (Fsp3) is 0.350. The standard InChI is InChI=1S/C20H23NO5S/c1-2-25-20(22)14-26-19-10-6-7-15-11-12-16(13-18(15)19)21-27(23,24)17-8-4-3-5-9-17/h3-10,16,21H,2,11-14H2,1H3. The van der Waals surface area contributed by atoms with E-state index in [0.717, 1.165) is 17.5 Å². The molecule has 0 fully saturated rings. The van der Waals surface area contributed by atoms with Crippen molar-refractivity contribution in [3.05, 3.63) is 59.7 Å². The Hall–Kier alpha value is -2.38. The first-order valence-electron chi connectivity index (χ1n) is 8.96. The minimum absolute atomic E-state index is 0.162. The molecule has 0 bridgehead atoms. The zero-order valence-electron chi connectivity index (χ0n) is 15.2. The van der Waals surface area contributed by atoms with Crippen LogP contribution in [0.5, 0.6) is 5.75 Å². The van der Waals surface area contributed by atoms with E-state index in [4.69, 9.17) is 9.47 Å². The Balaban J connectivity index is 1.72. The SMILES string of the molecule is CCOC(=O)COc1cccc2c1CC(NS(=O)(=O)c1ccccc1)CC2. The summed E-state index contributed by atoms with van der Waals surface area (Å²) in [5, 5.41) is 0. The van der Waals surface area contributed by atoms with Gasteiger partial charge in [0.15, 0.2) is 6.61 Å². The number of sulfonamides is 1. The molecule has 0 heterocycles. The molecule has 27 heavy (non-hydrogen) atoms. The highest BCUT2D eigenvalue weighted by Gasteiger charge is 2.26. The van der Waals surface area contributed by atoms with Gasteiger partial charge in [0.1, 0.15) is 5.75 Å². The Morgan fingerprint density at radius 1 is 1.15 bits per heavy atom. The molecular weight excluding hydrogens is 366 g/mol. The molecule has 1 atom stereocenters. The second-order valence-electron chi connectivity index (χ2n) is 6.36. The predicted molar refractivity (Wildman–Crippen MR) is 101 cm³/mol. The van der Waals surface area contributed by atoms with Crippen molar-refractivity contribution in [3.8, 4) is 5.75 Å². The van der Waals surface area contributed by atoms with Crippen LogP contribution in [0.4, 0.5) is 0 Å². The minimum Gasteiger partial charge on any atom is -0.482 e. The van der Waals surface area contributed by atoms with Crippen LogP contribution >= 0.6 is 0 Å². The summed E-state index contributed by atoms with van der Waals surface area (Å²) in [6, 6.07) is 13.8. The van der Waals surface area contributed by atoms with Crippen molar-refractivity contribution in [2.45, 2.75) is 37.1 Å². The van der Waals surface area contributed by atoms with Crippen molar-refractivity contribution in [2.75, 3.05) is 13.2 Å². The van der Waals surface area contributed by atoms with E-state index >= 15 is 0 Å². The highest BCUT2D eigenvalue weighted by Crippen LogP contribution is 2.30. The molecule has 3 rings (SSSR count). The lowest BCUT2D eigenvalue weighted by Gasteiger charge is -2.27. The maximum atomic E-state index is 12.6.